The van der Waals surface area contributed by atoms with Crippen LogP contribution in [0.25, 0.3) is 0 Å². The van der Waals surface area contributed by atoms with Crippen molar-refractivity contribution in [1.29, 1.82) is 0 Å². The lowest BCUT2D eigenvalue weighted by molar-refractivity contribution is 0.269. The highest BCUT2D eigenvalue weighted by Gasteiger charge is 2.23. The van der Waals surface area contributed by atoms with E-state index in [2.05, 4.69) is 28.2 Å². The van der Waals surface area contributed by atoms with Crippen molar-refractivity contribution in [2.24, 2.45) is 5.92 Å². The lowest BCUT2D eigenvalue weighted by Crippen LogP contribution is -2.39. The van der Waals surface area contributed by atoms with Gasteiger partial charge >= 0.3 is 0 Å². The summed E-state index contributed by atoms with van der Waals surface area (Å²) in [5.74, 6) is 0.598. The number of benzene rings is 1. The first kappa shape index (κ1) is 15.0. The first-order valence-corrected chi connectivity index (χ1v) is 8.17. The number of rotatable bonds is 5. The third-order valence-electron chi connectivity index (χ3n) is 4.13. The minimum Gasteiger partial charge on any atom is -0.314 e. The van der Waals surface area contributed by atoms with Gasteiger partial charge in [0.1, 0.15) is 5.82 Å². The summed E-state index contributed by atoms with van der Waals surface area (Å²) in [4.78, 5) is 0. The van der Waals surface area contributed by atoms with Gasteiger partial charge in [-0.3, -0.25) is 0 Å². The molecule has 0 heterocycles. The maximum atomic E-state index is 13.4. The van der Waals surface area contributed by atoms with Gasteiger partial charge in [0.05, 0.1) is 0 Å². The van der Waals surface area contributed by atoms with Crippen LogP contribution in [0.15, 0.2) is 22.7 Å². The number of halogens is 2. The molecule has 3 heteroatoms. The molecule has 1 atom stereocenters. The Labute approximate surface area is 124 Å². The van der Waals surface area contributed by atoms with Crippen molar-refractivity contribution in [1.82, 2.24) is 5.32 Å². The van der Waals surface area contributed by atoms with Crippen LogP contribution in [0, 0.1) is 11.7 Å². The number of hydrogen-bond acceptors (Lipinski definition) is 1. The predicted octanol–water partition coefficient (Wildman–Crippen LogP) is 4.69. The van der Waals surface area contributed by atoms with Gasteiger partial charge in [0.25, 0.3) is 0 Å². The second kappa shape index (κ2) is 7.39. The van der Waals surface area contributed by atoms with Gasteiger partial charge in [-0.05, 0) is 55.5 Å². The summed E-state index contributed by atoms with van der Waals surface area (Å²) in [6.45, 7) is 3.13. The first-order valence-electron chi connectivity index (χ1n) is 7.38. The van der Waals surface area contributed by atoms with Gasteiger partial charge in [0.2, 0.25) is 0 Å². The van der Waals surface area contributed by atoms with Gasteiger partial charge < -0.3 is 5.32 Å². The molecule has 1 aromatic carbocycles. The van der Waals surface area contributed by atoms with Crippen molar-refractivity contribution in [3.05, 3.63) is 34.1 Å². The van der Waals surface area contributed by atoms with E-state index in [1.54, 1.807) is 6.07 Å². The Morgan fingerprint density at radius 1 is 1.32 bits per heavy atom. The van der Waals surface area contributed by atoms with E-state index in [-0.39, 0.29) is 5.82 Å². The van der Waals surface area contributed by atoms with E-state index in [4.69, 9.17) is 0 Å². The molecule has 1 saturated carbocycles. The highest BCUT2D eigenvalue weighted by Crippen LogP contribution is 2.29. The zero-order valence-corrected chi connectivity index (χ0v) is 13.2. The van der Waals surface area contributed by atoms with Crippen LogP contribution in [0.3, 0.4) is 0 Å². The third-order valence-corrected chi connectivity index (χ3v) is 4.91. The number of hydrogen-bond donors (Lipinski definition) is 1. The zero-order valence-electron chi connectivity index (χ0n) is 11.6. The SMILES string of the molecule is CCNC(Cc1cc(F)ccc1Br)C1CCCCC1. The number of nitrogens with one attached hydrogen (secondary N) is 1. The van der Waals surface area contributed by atoms with E-state index in [9.17, 15) is 4.39 Å². The summed E-state index contributed by atoms with van der Waals surface area (Å²) >= 11 is 3.54. The van der Waals surface area contributed by atoms with Crippen LogP contribution in [0.4, 0.5) is 4.39 Å². The average molecular weight is 328 g/mol. The molecule has 0 radical (unpaired) electrons. The topological polar surface area (TPSA) is 12.0 Å². The van der Waals surface area contributed by atoms with Crippen molar-refractivity contribution in [2.45, 2.75) is 51.5 Å². The lowest BCUT2D eigenvalue weighted by atomic mass is 9.81. The van der Waals surface area contributed by atoms with Crippen LogP contribution >= 0.6 is 15.9 Å². The van der Waals surface area contributed by atoms with Gasteiger partial charge in [0, 0.05) is 10.5 Å². The third kappa shape index (κ3) is 4.28. The summed E-state index contributed by atoms with van der Waals surface area (Å²) in [5.41, 5.74) is 1.08. The van der Waals surface area contributed by atoms with Gasteiger partial charge in [-0.25, -0.2) is 4.39 Å². The lowest BCUT2D eigenvalue weighted by Gasteiger charge is -2.31. The largest absolute Gasteiger partial charge is 0.314 e. The summed E-state index contributed by atoms with van der Waals surface area (Å²) in [6, 6.07) is 5.46. The Kier molecular flexibility index (Phi) is 5.83. The molecule has 0 spiro atoms. The molecule has 19 heavy (non-hydrogen) atoms. The van der Waals surface area contributed by atoms with Gasteiger partial charge in [-0.2, -0.15) is 0 Å². The van der Waals surface area contributed by atoms with Crippen LogP contribution in [-0.4, -0.2) is 12.6 Å². The van der Waals surface area contributed by atoms with Crippen molar-refractivity contribution >= 4 is 15.9 Å². The quantitative estimate of drug-likeness (QED) is 0.827. The van der Waals surface area contributed by atoms with Crippen LogP contribution in [0.1, 0.15) is 44.6 Å². The molecular weight excluding hydrogens is 305 g/mol. The fraction of sp³-hybridized carbons (Fsp3) is 0.625. The van der Waals surface area contributed by atoms with E-state index in [0.29, 0.717) is 6.04 Å². The minimum absolute atomic E-state index is 0.142. The van der Waals surface area contributed by atoms with E-state index >= 15 is 0 Å². The maximum Gasteiger partial charge on any atom is 0.123 e. The van der Waals surface area contributed by atoms with Crippen molar-refractivity contribution < 1.29 is 4.39 Å². The van der Waals surface area contributed by atoms with Crippen molar-refractivity contribution in [3.63, 3.8) is 0 Å². The highest BCUT2D eigenvalue weighted by atomic mass is 79.9. The molecular formula is C16H23BrFN. The number of likely N-dealkylation sites (N-methyl/N-ethyl adjacent to an activating group) is 1. The second-order valence-corrected chi connectivity index (χ2v) is 6.36. The standard InChI is InChI=1S/C16H23BrFN/c1-2-19-16(12-6-4-3-5-7-12)11-13-10-14(18)8-9-15(13)17/h8-10,12,16,19H,2-7,11H2,1H3. The van der Waals surface area contributed by atoms with Gasteiger partial charge in [0.15, 0.2) is 0 Å². The zero-order chi connectivity index (χ0) is 13.7. The molecule has 0 amide bonds. The molecule has 1 aromatic rings. The van der Waals surface area contributed by atoms with E-state index < -0.39 is 0 Å². The average Bonchev–Trinajstić information content (AvgIpc) is 2.43. The Morgan fingerprint density at radius 2 is 2.05 bits per heavy atom. The monoisotopic (exact) mass is 327 g/mol. The molecule has 1 aliphatic rings. The van der Waals surface area contributed by atoms with Crippen LogP contribution in [0.5, 0.6) is 0 Å². The van der Waals surface area contributed by atoms with Crippen LogP contribution < -0.4 is 5.32 Å². The predicted molar refractivity (Wildman–Crippen MR) is 81.8 cm³/mol. The Hall–Kier alpha value is -0.410. The first-order chi connectivity index (χ1) is 9.20. The van der Waals surface area contributed by atoms with Gasteiger partial charge in [-0.1, -0.05) is 42.1 Å². The molecule has 0 aliphatic heterocycles. The molecule has 0 bridgehead atoms. The molecule has 1 nitrogen and oxygen atoms in total. The smallest absolute Gasteiger partial charge is 0.123 e. The van der Waals surface area contributed by atoms with E-state index in [0.717, 1.165) is 28.9 Å². The second-order valence-electron chi connectivity index (χ2n) is 5.50. The Balaban J connectivity index is 2.08. The molecule has 1 aliphatic carbocycles. The van der Waals surface area contributed by atoms with Gasteiger partial charge in [-0.15, -0.1) is 0 Å². The molecule has 2 rings (SSSR count). The molecule has 0 saturated heterocycles. The van der Waals surface area contributed by atoms with Crippen LogP contribution in [0.2, 0.25) is 0 Å². The fourth-order valence-corrected chi connectivity index (χ4v) is 3.55. The molecule has 1 fully saturated rings. The van der Waals surface area contributed by atoms with E-state index in [1.165, 1.54) is 38.2 Å². The van der Waals surface area contributed by atoms with Crippen LogP contribution in [-0.2, 0) is 6.42 Å². The Morgan fingerprint density at radius 3 is 2.74 bits per heavy atom. The van der Waals surface area contributed by atoms with Crippen molar-refractivity contribution in [3.8, 4) is 0 Å². The van der Waals surface area contributed by atoms with E-state index in [1.807, 2.05) is 6.07 Å². The Bertz CT molecular complexity index is 402. The molecule has 1 unspecified atom stereocenters. The minimum atomic E-state index is -0.142. The normalized spacial score (nSPS) is 18.5. The summed E-state index contributed by atoms with van der Waals surface area (Å²) in [7, 11) is 0. The maximum absolute atomic E-state index is 13.4. The summed E-state index contributed by atoms with van der Waals surface area (Å²) in [5, 5.41) is 3.60. The molecule has 0 aromatic heterocycles. The summed E-state index contributed by atoms with van der Waals surface area (Å²) in [6.07, 6.45) is 7.60. The highest BCUT2D eigenvalue weighted by molar-refractivity contribution is 9.10. The van der Waals surface area contributed by atoms with Crippen molar-refractivity contribution in [2.75, 3.05) is 6.54 Å². The molecule has 1 N–H and O–H groups in total. The fourth-order valence-electron chi connectivity index (χ4n) is 3.14. The summed E-state index contributed by atoms with van der Waals surface area (Å²) < 4.78 is 14.4. The molecule has 106 valence electrons.